The van der Waals surface area contributed by atoms with Crippen LogP contribution in [0, 0.1) is 0 Å². The molecule has 7 nitrogen and oxygen atoms in total. The van der Waals surface area contributed by atoms with E-state index < -0.39 is 0 Å². The highest BCUT2D eigenvalue weighted by Gasteiger charge is 2.33. The Morgan fingerprint density at radius 3 is 2.54 bits per heavy atom. The lowest BCUT2D eigenvalue weighted by atomic mass is 10.1. The van der Waals surface area contributed by atoms with Gasteiger partial charge in [-0.05, 0) is 12.8 Å². The number of nitrogens with zero attached hydrogens (tertiary/aromatic N) is 5. The van der Waals surface area contributed by atoms with Crippen molar-refractivity contribution < 1.29 is 9.53 Å². The minimum absolute atomic E-state index is 0.204. The number of ether oxygens (including phenoxy) is 1. The van der Waals surface area contributed by atoms with E-state index in [1.807, 2.05) is 11.9 Å². The smallest absolute Gasteiger partial charge is 0.242 e. The van der Waals surface area contributed by atoms with Gasteiger partial charge in [0, 0.05) is 26.2 Å². The highest BCUT2D eigenvalue weighted by atomic mass is 16.5. The number of anilines is 2. The number of carbonyl (C=O) groups excluding carboxylic acids is 1. The number of hydrogen-bond donors (Lipinski definition) is 0. The van der Waals surface area contributed by atoms with Gasteiger partial charge in [0.1, 0.15) is 18.0 Å². The molecule has 4 rings (SSSR count). The molecule has 0 atom stereocenters. The number of carbonyl (C=O) groups is 1. The maximum absolute atomic E-state index is 12.8. The Labute approximate surface area is 142 Å². The molecule has 130 valence electrons. The number of fused-ring (bicyclic) bond motifs is 1. The summed E-state index contributed by atoms with van der Waals surface area (Å²) in [6.07, 6.45) is 6.30. The van der Waals surface area contributed by atoms with Crippen molar-refractivity contribution in [2.45, 2.75) is 38.3 Å². The molecule has 1 amide bonds. The first-order valence-electron chi connectivity index (χ1n) is 8.91. The van der Waals surface area contributed by atoms with E-state index in [4.69, 9.17) is 4.74 Å². The van der Waals surface area contributed by atoms with Gasteiger partial charge in [-0.3, -0.25) is 4.79 Å². The number of amides is 1. The summed E-state index contributed by atoms with van der Waals surface area (Å²) < 4.78 is 5.47. The molecule has 2 aliphatic heterocycles. The summed E-state index contributed by atoms with van der Waals surface area (Å²) in [4.78, 5) is 28.1. The molecule has 3 aliphatic rings. The van der Waals surface area contributed by atoms with Crippen LogP contribution in [0.4, 0.5) is 11.6 Å². The van der Waals surface area contributed by atoms with Crippen molar-refractivity contribution in [3.05, 3.63) is 11.9 Å². The van der Waals surface area contributed by atoms with E-state index in [0.717, 1.165) is 56.3 Å². The predicted molar refractivity (Wildman–Crippen MR) is 91.1 cm³/mol. The van der Waals surface area contributed by atoms with E-state index in [1.165, 1.54) is 12.8 Å². The molecule has 1 aromatic heterocycles. The monoisotopic (exact) mass is 331 g/mol. The van der Waals surface area contributed by atoms with Gasteiger partial charge in [0.25, 0.3) is 0 Å². The molecule has 1 aliphatic carbocycles. The van der Waals surface area contributed by atoms with Crippen molar-refractivity contribution >= 4 is 17.5 Å². The van der Waals surface area contributed by atoms with Crippen LogP contribution >= 0.6 is 0 Å². The zero-order valence-electron chi connectivity index (χ0n) is 14.3. The maximum Gasteiger partial charge on any atom is 0.242 e. The lowest BCUT2D eigenvalue weighted by Gasteiger charge is -2.32. The van der Waals surface area contributed by atoms with Crippen LogP contribution in [0.5, 0.6) is 0 Å². The fourth-order valence-corrected chi connectivity index (χ4v) is 4.09. The first-order chi connectivity index (χ1) is 11.7. The van der Waals surface area contributed by atoms with Crippen molar-refractivity contribution in [3.8, 4) is 0 Å². The van der Waals surface area contributed by atoms with Crippen LogP contribution in [0.25, 0.3) is 0 Å². The molecule has 1 aromatic rings. The summed E-state index contributed by atoms with van der Waals surface area (Å²) in [5, 5.41) is 0. The lowest BCUT2D eigenvalue weighted by Crippen LogP contribution is -2.41. The molecule has 3 heterocycles. The average molecular weight is 331 g/mol. The first kappa shape index (κ1) is 15.6. The Hall–Kier alpha value is -1.89. The summed E-state index contributed by atoms with van der Waals surface area (Å²) in [7, 11) is 1.95. The summed E-state index contributed by atoms with van der Waals surface area (Å²) in [5.74, 6) is 2.06. The van der Waals surface area contributed by atoms with Gasteiger partial charge in [-0.1, -0.05) is 12.8 Å². The Bertz CT molecular complexity index is 611. The molecule has 1 saturated carbocycles. The molecule has 24 heavy (non-hydrogen) atoms. The molecular formula is C17H25N5O2. The molecule has 2 fully saturated rings. The Morgan fingerprint density at radius 1 is 1.08 bits per heavy atom. The lowest BCUT2D eigenvalue weighted by molar-refractivity contribution is -0.132. The third-order valence-corrected chi connectivity index (χ3v) is 5.36. The molecule has 0 N–H and O–H groups in total. The van der Waals surface area contributed by atoms with Gasteiger partial charge in [0.05, 0.1) is 31.9 Å². The average Bonchev–Trinajstić information content (AvgIpc) is 3.10. The van der Waals surface area contributed by atoms with Crippen LogP contribution in [-0.4, -0.2) is 66.7 Å². The summed E-state index contributed by atoms with van der Waals surface area (Å²) in [6, 6.07) is 0.370. The van der Waals surface area contributed by atoms with Crippen LogP contribution in [0.1, 0.15) is 31.2 Å². The summed E-state index contributed by atoms with van der Waals surface area (Å²) in [6.45, 7) is 4.13. The van der Waals surface area contributed by atoms with Gasteiger partial charge in [0.2, 0.25) is 5.91 Å². The maximum atomic E-state index is 12.8. The second-order valence-electron chi connectivity index (χ2n) is 6.91. The zero-order chi connectivity index (χ0) is 16.5. The van der Waals surface area contributed by atoms with Crippen molar-refractivity contribution in [1.82, 2.24) is 14.9 Å². The van der Waals surface area contributed by atoms with E-state index in [9.17, 15) is 4.79 Å². The van der Waals surface area contributed by atoms with E-state index in [-0.39, 0.29) is 5.91 Å². The van der Waals surface area contributed by atoms with Gasteiger partial charge < -0.3 is 19.4 Å². The van der Waals surface area contributed by atoms with Crippen LogP contribution in [-0.2, 0) is 16.1 Å². The Kier molecular flexibility index (Phi) is 4.26. The largest absolute Gasteiger partial charge is 0.378 e. The molecule has 7 heteroatoms. The predicted octanol–water partition coefficient (Wildman–Crippen LogP) is 1.03. The summed E-state index contributed by atoms with van der Waals surface area (Å²) in [5.41, 5.74) is 1.08. The van der Waals surface area contributed by atoms with Crippen LogP contribution < -0.4 is 9.80 Å². The van der Waals surface area contributed by atoms with Crippen molar-refractivity contribution in [2.75, 3.05) is 49.7 Å². The minimum Gasteiger partial charge on any atom is -0.378 e. The standard InChI is InChI=1S/C17H25N5O2/c1-20-11-15(23)22(13-4-2-3-5-13)10-14-16(20)18-12-19-17(14)21-6-8-24-9-7-21/h12-13H,2-11H2,1H3. The van der Waals surface area contributed by atoms with E-state index >= 15 is 0 Å². The van der Waals surface area contributed by atoms with Crippen molar-refractivity contribution in [3.63, 3.8) is 0 Å². The van der Waals surface area contributed by atoms with Crippen LogP contribution in [0.2, 0.25) is 0 Å². The van der Waals surface area contributed by atoms with Crippen molar-refractivity contribution in [2.24, 2.45) is 0 Å². The van der Waals surface area contributed by atoms with Gasteiger partial charge >= 0.3 is 0 Å². The van der Waals surface area contributed by atoms with Gasteiger partial charge in [-0.2, -0.15) is 0 Å². The summed E-state index contributed by atoms with van der Waals surface area (Å²) >= 11 is 0. The highest BCUT2D eigenvalue weighted by Crippen LogP contribution is 2.33. The zero-order valence-corrected chi connectivity index (χ0v) is 14.3. The van der Waals surface area contributed by atoms with E-state index in [0.29, 0.717) is 19.1 Å². The van der Waals surface area contributed by atoms with Gasteiger partial charge in [-0.15, -0.1) is 0 Å². The SMILES string of the molecule is CN1CC(=O)N(C2CCCC2)Cc2c1ncnc2N1CCOCC1. The molecule has 1 saturated heterocycles. The van der Waals surface area contributed by atoms with Gasteiger partial charge in [-0.25, -0.2) is 9.97 Å². The van der Waals surface area contributed by atoms with Gasteiger partial charge in [0.15, 0.2) is 0 Å². The number of morpholine rings is 1. The number of likely N-dealkylation sites (N-methyl/N-ethyl adjacent to an activating group) is 1. The van der Waals surface area contributed by atoms with E-state index in [1.54, 1.807) is 6.33 Å². The third kappa shape index (κ3) is 2.81. The highest BCUT2D eigenvalue weighted by molar-refractivity contribution is 5.84. The molecule has 0 bridgehead atoms. The number of rotatable bonds is 2. The minimum atomic E-state index is 0.204. The Morgan fingerprint density at radius 2 is 1.79 bits per heavy atom. The molecular weight excluding hydrogens is 306 g/mol. The molecule has 0 radical (unpaired) electrons. The Balaban J connectivity index is 1.70. The molecule has 0 aromatic carbocycles. The number of aromatic nitrogens is 2. The van der Waals surface area contributed by atoms with Crippen LogP contribution in [0.15, 0.2) is 6.33 Å². The molecule has 0 unspecified atom stereocenters. The first-order valence-corrected chi connectivity index (χ1v) is 8.91. The van der Waals surface area contributed by atoms with E-state index in [2.05, 4.69) is 19.8 Å². The quantitative estimate of drug-likeness (QED) is 0.807. The fourth-order valence-electron chi connectivity index (χ4n) is 4.09. The van der Waals surface area contributed by atoms with Crippen molar-refractivity contribution in [1.29, 1.82) is 0 Å². The second-order valence-corrected chi connectivity index (χ2v) is 6.91. The number of hydrogen-bond acceptors (Lipinski definition) is 6. The fraction of sp³-hybridized carbons (Fsp3) is 0.706. The normalized spacial score (nSPS) is 22.7. The second kappa shape index (κ2) is 6.55. The topological polar surface area (TPSA) is 61.8 Å². The van der Waals surface area contributed by atoms with Crippen LogP contribution in [0.3, 0.4) is 0 Å². The third-order valence-electron chi connectivity index (χ3n) is 5.36. The molecule has 0 spiro atoms.